The maximum Gasteiger partial charge on any atom is 0.330 e. The Morgan fingerprint density at radius 2 is 1.71 bits per heavy atom. The lowest BCUT2D eigenvalue weighted by molar-refractivity contribution is -0.137. The average Bonchev–Trinajstić information content (AvgIpc) is 2.68. The van der Waals surface area contributed by atoms with Gasteiger partial charge in [0.1, 0.15) is 0 Å². The number of carbonyl (C=O) groups excluding carboxylic acids is 3. The Balaban J connectivity index is 1.76. The molecular formula is C21H21BrN2O4. The number of benzene rings is 2. The standard InChI is InChI=1S/C21H21BrN2O4/c1-2-28-20(26)12-5-15-3-10-18(11-4-15)24-19(25)13-14-23-21(27)16-6-8-17(22)9-7-16/h3-12H,2,13-14H2,1H3,(H,23,27)(H,24,25)/b12-5+. The lowest BCUT2D eigenvalue weighted by Gasteiger charge is -2.07. The molecule has 0 heterocycles. The van der Waals surface area contributed by atoms with E-state index in [0.717, 1.165) is 10.0 Å². The highest BCUT2D eigenvalue weighted by molar-refractivity contribution is 9.10. The molecule has 0 spiro atoms. The molecular weight excluding hydrogens is 424 g/mol. The van der Waals surface area contributed by atoms with E-state index in [0.29, 0.717) is 17.9 Å². The Hall–Kier alpha value is -2.93. The predicted octanol–water partition coefficient (Wildman–Crippen LogP) is 3.78. The molecule has 2 aromatic rings. The summed E-state index contributed by atoms with van der Waals surface area (Å²) < 4.78 is 5.71. The number of ether oxygens (including phenoxy) is 1. The number of nitrogens with one attached hydrogen (secondary N) is 2. The highest BCUT2D eigenvalue weighted by Crippen LogP contribution is 2.12. The van der Waals surface area contributed by atoms with Gasteiger partial charge < -0.3 is 15.4 Å². The molecule has 2 amide bonds. The molecule has 28 heavy (non-hydrogen) atoms. The van der Waals surface area contributed by atoms with Crippen LogP contribution in [0.25, 0.3) is 6.08 Å². The summed E-state index contributed by atoms with van der Waals surface area (Å²) >= 11 is 3.31. The van der Waals surface area contributed by atoms with Crippen LogP contribution in [0.4, 0.5) is 5.69 Å². The third-order valence-electron chi connectivity index (χ3n) is 3.64. The van der Waals surface area contributed by atoms with E-state index in [1.165, 1.54) is 6.08 Å². The largest absolute Gasteiger partial charge is 0.463 e. The molecule has 2 N–H and O–H groups in total. The Kier molecular flexibility index (Phi) is 8.42. The maximum atomic E-state index is 12.0. The van der Waals surface area contributed by atoms with E-state index in [1.807, 2.05) is 0 Å². The van der Waals surface area contributed by atoms with Gasteiger partial charge in [-0.3, -0.25) is 9.59 Å². The second-order valence-electron chi connectivity index (χ2n) is 5.77. The van der Waals surface area contributed by atoms with Gasteiger partial charge in [0, 0.05) is 34.8 Å². The number of hydrogen-bond donors (Lipinski definition) is 2. The van der Waals surface area contributed by atoms with Gasteiger partial charge >= 0.3 is 5.97 Å². The van der Waals surface area contributed by atoms with Crippen molar-refractivity contribution < 1.29 is 19.1 Å². The number of esters is 1. The molecule has 0 bridgehead atoms. The molecule has 0 saturated heterocycles. The summed E-state index contributed by atoms with van der Waals surface area (Å²) in [6, 6.07) is 14.0. The van der Waals surface area contributed by atoms with E-state index < -0.39 is 5.97 Å². The van der Waals surface area contributed by atoms with Crippen molar-refractivity contribution in [3.63, 3.8) is 0 Å². The first kappa shape index (κ1) is 21.4. The molecule has 0 fully saturated rings. The van der Waals surface area contributed by atoms with Crippen molar-refractivity contribution in [2.75, 3.05) is 18.5 Å². The van der Waals surface area contributed by atoms with Crippen molar-refractivity contribution in [3.8, 4) is 0 Å². The Morgan fingerprint density at radius 3 is 2.36 bits per heavy atom. The Morgan fingerprint density at radius 1 is 1.04 bits per heavy atom. The number of rotatable bonds is 8. The van der Waals surface area contributed by atoms with Crippen LogP contribution in [-0.2, 0) is 14.3 Å². The second-order valence-corrected chi connectivity index (χ2v) is 6.68. The van der Waals surface area contributed by atoms with Gasteiger partial charge in [-0.1, -0.05) is 28.1 Å². The summed E-state index contributed by atoms with van der Waals surface area (Å²) in [5, 5.41) is 5.48. The molecule has 2 rings (SSSR count). The highest BCUT2D eigenvalue weighted by Gasteiger charge is 2.07. The number of hydrogen-bond acceptors (Lipinski definition) is 4. The minimum Gasteiger partial charge on any atom is -0.463 e. The molecule has 0 aliphatic carbocycles. The van der Waals surface area contributed by atoms with Gasteiger partial charge in [-0.15, -0.1) is 0 Å². The van der Waals surface area contributed by atoms with Crippen LogP contribution < -0.4 is 10.6 Å². The fourth-order valence-electron chi connectivity index (χ4n) is 2.25. The monoisotopic (exact) mass is 444 g/mol. The molecule has 0 unspecified atom stereocenters. The maximum absolute atomic E-state index is 12.0. The highest BCUT2D eigenvalue weighted by atomic mass is 79.9. The quantitative estimate of drug-likeness (QED) is 0.479. The van der Waals surface area contributed by atoms with E-state index in [1.54, 1.807) is 61.5 Å². The summed E-state index contributed by atoms with van der Waals surface area (Å²) in [5.74, 6) is -0.825. The number of halogens is 1. The molecule has 0 aliphatic heterocycles. The van der Waals surface area contributed by atoms with Crippen molar-refractivity contribution in [2.45, 2.75) is 13.3 Å². The smallest absolute Gasteiger partial charge is 0.330 e. The van der Waals surface area contributed by atoms with Crippen LogP contribution in [0.3, 0.4) is 0 Å². The first-order valence-electron chi connectivity index (χ1n) is 8.76. The molecule has 0 aliphatic rings. The first-order chi connectivity index (χ1) is 13.5. The van der Waals surface area contributed by atoms with Crippen LogP contribution >= 0.6 is 15.9 Å². The van der Waals surface area contributed by atoms with Crippen molar-refractivity contribution in [3.05, 3.63) is 70.2 Å². The minimum atomic E-state index is -0.398. The fraction of sp³-hybridized carbons (Fsp3) is 0.190. The van der Waals surface area contributed by atoms with Gasteiger partial charge in [-0.2, -0.15) is 0 Å². The minimum absolute atomic E-state index is 0.160. The van der Waals surface area contributed by atoms with Crippen LogP contribution in [0.2, 0.25) is 0 Å². The van der Waals surface area contributed by atoms with Crippen LogP contribution in [0, 0.1) is 0 Å². The Labute approximate surface area is 172 Å². The van der Waals surface area contributed by atoms with E-state index in [4.69, 9.17) is 4.74 Å². The van der Waals surface area contributed by atoms with E-state index in [9.17, 15) is 14.4 Å². The predicted molar refractivity (Wildman–Crippen MR) is 112 cm³/mol. The summed E-state index contributed by atoms with van der Waals surface area (Å²) in [6.07, 6.45) is 3.15. The third kappa shape index (κ3) is 7.36. The molecule has 146 valence electrons. The van der Waals surface area contributed by atoms with Crippen LogP contribution in [-0.4, -0.2) is 30.9 Å². The third-order valence-corrected chi connectivity index (χ3v) is 4.17. The molecule has 7 heteroatoms. The van der Waals surface area contributed by atoms with Gasteiger partial charge in [0.25, 0.3) is 5.91 Å². The van der Waals surface area contributed by atoms with Crippen LogP contribution in [0.15, 0.2) is 59.1 Å². The van der Waals surface area contributed by atoms with Gasteiger partial charge in [0.15, 0.2) is 0 Å². The molecule has 6 nitrogen and oxygen atoms in total. The summed E-state index contributed by atoms with van der Waals surface area (Å²) in [6.45, 7) is 2.31. The van der Waals surface area contributed by atoms with Crippen molar-refractivity contribution >= 4 is 45.5 Å². The van der Waals surface area contributed by atoms with Crippen molar-refractivity contribution in [2.24, 2.45) is 0 Å². The van der Waals surface area contributed by atoms with Gasteiger partial charge in [0.05, 0.1) is 6.61 Å². The van der Waals surface area contributed by atoms with E-state index in [2.05, 4.69) is 26.6 Å². The van der Waals surface area contributed by atoms with E-state index >= 15 is 0 Å². The van der Waals surface area contributed by atoms with Gasteiger partial charge in [-0.05, 0) is 55.0 Å². The average molecular weight is 445 g/mol. The molecule has 0 radical (unpaired) electrons. The molecule has 0 aromatic heterocycles. The molecule has 0 atom stereocenters. The zero-order valence-electron chi connectivity index (χ0n) is 15.4. The van der Waals surface area contributed by atoms with E-state index in [-0.39, 0.29) is 24.8 Å². The van der Waals surface area contributed by atoms with Crippen molar-refractivity contribution in [1.82, 2.24) is 5.32 Å². The number of amides is 2. The first-order valence-corrected chi connectivity index (χ1v) is 9.55. The van der Waals surface area contributed by atoms with Gasteiger partial charge in [0.2, 0.25) is 5.91 Å². The Bertz CT molecular complexity index is 846. The summed E-state index contributed by atoms with van der Waals surface area (Å²) in [4.78, 5) is 35.3. The molecule has 0 saturated carbocycles. The summed E-state index contributed by atoms with van der Waals surface area (Å²) in [7, 11) is 0. The SMILES string of the molecule is CCOC(=O)/C=C/c1ccc(NC(=O)CCNC(=O)c2ccc(Br)cc2)cc1. The van der Waals surface area contributed by atoms with Crippen LogP contribution in [0.1, 0.15) is 29.3 Å². The lowest BCUT2D eigenvalue weighted by Crippen LogP contribution is -2.27. The topological polar surface area (TPSA) is 84.5 Å². The number of anilines is 1. The van der Waals surface area contributed by atoms with Crippen molar-refractivity contribution in [1.29, 1.82) is 0 Å². The molecule has 2 aromatic carbocycles. The second kappa shape index (κ2) is 11.0. The lowest BCUT2D eigenvalue weighted by atomic mass is 10.2. The summed E-state index contributed by atoms with van der Waals surface area (Å²) in [5.41, 5.74) is 1.99. The zero-order chi connectivity index (χ0) is 20.4. The fourth-order valence-corrected chi connectivity index (χ4v) is 2.51. The zero-order valence-corrected chi connectivity index (χ0v) is 17.0. The normalized spacial score (nSPS) is 10.5. The van der Waals surface area contributed by atoms with Crippen LogP contribution in [0.5, 0.6) is 0 Å². The van der Waals surface area contributed by atoms with Gasteiger partial charge in [-0.25, -0.2) is 4.79 Å². The number of carbonyl (C=O) groups is 3.